The molecule has 96 valence electrons. The lowest BCUT2D eigenvalue weighted by atomic mass is 10.0. The fourth-order valence-electron chi connectivity index (χ4n) is 1.21. The van der Waals surface area contributed by atoms with Crippen molar-refractivity contribution in [3.63, 3.8) is 0 Å². The summed E-state index contributed by atoms with van der Waals surface area (Å²) in [4.78, 5) is 3.99. The van der Waals surface area contributed by atoms with Crippen molar-refractivity contribution < 1.29 is 8.42 Å². The SMILES string of the molecule is CC(CN)C(C)Nc1ccc(S(N)(=O)=O)cn1. The molecule has 0 aliphatic carbocycles. The van der Waals surface area contributed by atoms with Crippen LogP contribution in [0.25, 0.3) is 0 Å². The minimum Gasteiger partial charge on any atom is -0.367 e. The number of primary sulfonamides is 1. The van der Waals surface area contributed by atoms with E-state index in [-0.39, 0.29) is 10.9 Å². The van der Waals surface area contributed by atoms with Gasteiger partial charge in [0.2, 0.25) is 10.0 Å². The molecular weight excluding hydrogens is 240 g/mol. The Morgan fingerprint density at radius 1 is 1.41 bits per heavy atom. The van der Waals surface area contributed by atoms with Crippen LogP contribution in [0.15, 0.2) is 23.2 Å². The molecule has 0 spiro atoms. The van der Waals surface area contributed by atoms with E-state index < -0.39 is 10.0 Å². The summed E-state index contributed by atoms with van der Waals surface area (Å²) in [7, 11) is -3.68. The van der Waals surface area contributed by atoms with E-state index in [1.54, 1.807) is 6.07 Å². The molecule has 17 heavy (non-hydrogen) atoms. The molecule has 0 saturated heterocycles. The second-order valence-electron chi connectivity index (χ2n) is 4.07. The largest absolute Gasteiger partial charge is 0.367 e. The topological polar surface area (TPSA) is 111 Å². The molecule has 0 bridgehead atoms. The molecule has 5 N–H and O–H groups in total. The maximum atomic E-state index is 11.0. The Balaban J connectivity index is 2.76. The Morgan fingerprint density at radius 3 is 2.47 bits per heavy atom. The van der Waals surface area contributed by atoms with Gasteiger partial charge in [-0.25, -0.2) is 18.5 Å². The summed E-state index contributed by atoms with van der Waals surface area (Å²) in [5.74, 6) is 0.903. The number of rotatable bonds is 5. The Labute approximate surface area is 101 Å². The molecule has 0 radical (unpaired) electrons. The molecule has 0 fully saturated rings. The summed E-state index contributed by atoms with van der Waals surface area (Å²) in [5.41, 5.74) is 5.55. The van der Waals surface area contributed by atoms with Crippen molar-refractivity contribution >= 4 is 15.8 Å². The quantitative estimate of drug-likeness (QED) is 0.695. The van der Waals surface area contributed by atoms with Crippen molar-refractivity contribution in [2.75, 3.05) is 11.9 Å². The lowest BCUT2D eigenvalue weighted by Crippen LogP contribution is -2.29. The summed E-state index contributed by atoms with van der Waals surface area (Å²) < 4.78 is 22.0. The van der Waals surface area contributed by atoms with E-state index in [1.807, 2.05) is 13.8 Å². The number of sulfonamides is 1. The van der Waals surface area contributed by atoms with Crippen molar-refractivity contribution in [1.29, 1.82) is 0 Å². The van der Waals surface area contributed by atoms with Crippen LogP contribution in [0.1, 0.15) is 13.8 Å². The monoisotopic (exact) mass is 258 g/mol. The average Bonchev–Trinajstić information content (AvgIpc) is 2.27. The van der Waals surface area contributed by atoms with Gasteiger partial charge < -0.3 is 11.1 Å². The minimum absolute atomic E-state index is 0.00239. The number of aromatic nitrogens is 1. The number of hydrogen-bond donors (Lipinski definition) is 3. The van der Waals surface area contributed by atoms with Gasteiger partial charge in [-0.3, -0.25) is 0 Å². The van der Waals surface area contributed by atoms with Gasteiger partial charge in [-0.1, -0.05) is 6.92 Å². The van der Waals surface area contributed by atoms with Gasteiger partial charge in [-0.15, -0.1) is 0 Å². The predicted octanol–water partition coefficient (Wildman–Crippen LogP) is 0.124. The average molecular weight is 258 g/mol. The smallest absolute Gasteiger partial charge is 0.239 e. The van der Waals surface area contributed by atoms with E-state index >= 15 is 0 Å². The number of hydrogen-bond acceptors (Lipinski definition) is 5. The third kappa shape index (κ3) is 3.95. The summed E-state index contributed by atoms with van der Waals surface area (Å²) in [6.07, 6.45) is 1.23. The number of nitrogens with zero attached hydrogens (tertiary/aromatic N) is 1. The second kappa shape index (κ2) is 5.44. The summed E-state index contributed by atoms with van der Waals surface area (Å²) >= 11 is 0. The Hall–Kier alpha value is -1.18. The van der Waals surface area contributed by atoms with E-state index in [9.17, 15) is 8.42 Å². The fourth-order valence-corrected chi connectivity index (χ4v) is 1.67. The minimum atomic E-state index is -3.68. The molecule has 1 rings (SSSR count). The zero-order valence-electron chi connectivity index (χ0n) is 9.92. The van der Waals surface area contributed by atoms with Crippen molar-refractivity contribution in [2.45, 2.75) is 24.8 Å². The molecule has 0 aliphatic heterocycles. The molecule has 0 aromatic carbocycles. The van der Waals surface area contributed by atoms with Gasteiger partial charge >= 0.3 is 0 Å². The van der Waals surface area contributed by atoms with Crippen LogP contribution in [0, 0.1) is 5.92 Å². The van der Waals surface area contributed by atoms with Gasteiger partial charge in [0.1, 0.15) is 10.7 Å². The highest BCUT2D eigenvalue weighted by Crippen LogP contribution is 2.12. The lowest BCUT2D eigenvalue weighted by molar-refractivity contribution is 0.520. The van der Waals surface area contributed by atoms with Gasteiger partial charge in [0.05, 0.1) is 0 Å². The predicted molar refractivity (Wildman–Crippen MR) is 66.9 cm³/mol. The van der Waals surface area contributed by atoms with Gasteiger partial charge in [-0.05, 0) is 31.5 Å². The molecule has 7 heteroatoms. The zero-order chi connectivity index (χ0) is 13.1. The first-order valence-electron chi connectivity index (χ1n) is 5.30. The third-order valence-corrected chi connectivity index (χ3v) is 3.56. The van der Waals surface area contributed by atoms with Crippen LogP contribution in [-0.2, 0) is 10.0 Å². The van der Waals surface area contributed by atoms with Crippen molar-refractivity contribution in [3.8, 4) is 0 Å². The van der Waals surface area contributed by atoms with Crippen molar-refractivity contribution in [1.82, 2.24) is 4.98 Å². The molecule has 1 aromatic heterocycles. The van der Waals surface area contributed by atoms with Crippen LogP contribution >= 0.6 is 0 Å². The van der Waals surface area contributed by atoms with E-state index in [0.717, 1.165) is 0 Å². The molecule has 6 nitrogen and oxygen atoms in total. The van der Waals surface area contributed by atoms with E-state index in [2.05, 4.69) is 10.3 Å². The molecule has 2 atom stereocenters. The Bertz CT molecular complexity index is 458. The van der Waals surface area contributed by atoms with Crippen LogP contribution in [0.4, 0.5) is 5.82 Å². The highest BCUT2D eigenvalue weighted by molar-refractivity contribution is 7.89. The second-order valence-corrected chi connectivity index (χ2v) is 5.63. The van der Waals surface area contributed by atoms with Crippen LogP contribution in [0.3, 0.4) is 0 Å². The van der Waals surface area contributed by atoms with Gasteiger partial charge in [-0.2, -0.15) is 0 Å². The highest BCUT2D eigenvalue weighted by Gasteiger charge is 2.12. The van der Waals surface area contributed by atoms with Crippen LogP contribution in [0.2, 0.25) is 0 Å². The van der Waals surface area contributed by atoms with Crippen LogP contribution in [-0.4, -0.2) is 26.0 Å². The van der Waals surface area contributed by atoms with Gasteiger partial charge in [0.15, 0.2) is 0 Å². The molecule has 2 unspecified atom stereocenters. The first kappa shape index (κ1) is 13.9. The van der Waals surface area contributed by atoms with Crippen LogP contribution < -0.4 is 16.2 Å². The number of anilines is 1. The van der Waals surface area contributed by atoms with E-state index in [4.69, 9.17) is 10.9 Å². The molecule has 1 aromatic rings. The third-order valence-electron chi connectivity index (χ3n) is 2.67. The van der Waals surface area contributed by atoms with Gasteiger partial charge in [0.25, 0.3) is 0 Å². The van der Waals surface area contributed by atoms with Crippen molar-refractivity contribution in [3.05, 3.63) is 18.3 Å². The lowest BCUT2D eigenvalue weighted by Gasteiger charge is -2.20. The maximum absolute atomic E-state index is 11.0. The number of nitrogens with two attached hydrogens (primary N) is 2. The van der Waals surface area contributed by atoms with E-state index in [0.29, 0.717) is 18.3 Å². The summed E-state index contributed by atoms with van der Waals surface area (Å²) in [6.45, 7) is 4.59. The molecule has 0 saturated carbocycles. The highest BCUT2D eigenvalue weighted by atomic mass is 32.2. The number of pyridine rings is 1. The first-order chi connectivity index (χ1) is 7.84. The zero-order valence-corrected chi connectivity index (χ0v) is 10.7. The Kier molecular flexibility index (Phi) is 4.44. The normalized spacial score (nSPS) is 15.3. The number of nitrogens with one attached hydrogen (secondary N) is 1. The molecule has 0 amide bonds. The fraction of sp³-hybridized carbons (Fsp3) is 0.500. The molecular formula is C10H18N4O2S. The van der Waals surface area contributed by atoms with Crippen molar-refractivity contribution in [2.24, 2.45) is 16.8 Å². The standard InChI is InChI=1S/C10H18N4O2S/c1-7(5-11)8(2)14-10-4-3-9(6-13-10)17(12,15)16/h3-4,6-8H,5,11H2,1-2H3,(H,13,14)(H2,12,15,16). The van der Waals surface area contributed by atoms with Crippen LogP contribution in [0.5, 0.6) is 0 Å². The summed E-state index contributed by atoms with van der Waals surface area (Å²) in [5, 5.41) is 8.12. The van der Waals surface area contributed by atoms with Gasteiger partial charge in [0, 0.05) is 12.2 Å². The Morgan fingerprint density at radius 2 is 2.06 bits per heavy atom. The molecule has 1 heterocycles. The van der Waals surface area contributed by atoms with E-state index in [1.165, 1.54) is 12.3 Å². The molecule has 0 aliphatic rings. The first-order valence-corrected chi connectivity index (χ1v) is 6.84. The summed E-state index contributed by atoms with van der Waals surface area (Å²) in [6, 6.07) is 3.16. The maximum Gasteiger partial charge on any atom is 0.239 e.